The van der Waals surface area contributed by atoms with Gasteiger partial charge in [0.05, 0.1) is 67.1 Å². The van der Waals surface area contributed by atoms with Crippen LogP contribution >= 0.6 is 0 Å². The lowest BCUT2D eigenvalue weighted by Crippen LogP contribution is -2.40. The van der Waals surface area contributed by atoms with Crippen LogP contribution in [0.4, 0.5) is 5.69 Å². The number of sulfone groups is 2. The van der Waals surface area contributed by atoms with E-state index in [-0.39, 0.29) is 66.0 Å². The molecule has 644 valence electrons. The van der Waals surface area contributed by atoms with Gasteiger partial charge in [0, 0.05) is 91.3 Å². The molecule has 3 aliphatic heterocycles. The quantitative estimate of drug-likeness (QED) is 0.00780. The highest BCUT2D eigenvalue weighted by Gasteiger charge is 2.29. The minimum Gasteiger partial charge on any atom is -0.399 e. The minimum absolute atomic E-state index is 0.0166. The summed E-state index contributed by atoms with van der Waals surface area (Å²) in [4.78, 5) is 39.5. The summed E-state index contributed by atoms with van der Waals surface area (Å²) in [5.41, 5.74) is 11.7. The van der Waals surface area contributed by atoms with Crippen LogP contribution in [-0.4, -0.2) is 196 Å². The maximum absolute atomic E-state index is 11.1. The molecule has 2 unspecified atom stereocenters. The van der Waals surface area contributed by atoms with Crippen molar-refractivity contribution in [3.63, 3.8) is 0 Å². The number of aliphatic hydroxyl groups is 6. The fraction of sp³-hybridized carbons (Fsp3) is 0.347. The molecule has 2 saturated heterocycles. The van der Waals surface area contributed by atoms with Gasteiger partial charge in [0.15, 0.2) is 16.1 Å². The molecule has 1 aliphatic carbocycles. The Kier molecular flexibility index (Phi) is 68.4. The summed E-state index contributed by atoms with van der Waals surface area (Å²) in [6, 6.07) is 41.1. The zero-order valence-electron chi connectivity index (χ0n) is 70.3. The average molecular weight is 1700 g/mol. The van der Waals surface area contributed by atoms with Gasteiger partial charge in [0.2, 0.25) is 15.6 Å². The summed E-state index contributed by atoms with van der Waals surface area (Å²) in [7, 11) is -6.23. The minimum atomic E-state index is -3.49. The second-order valence-electron chi connectivity index (χ2n) is 24.6. The number of benzene rings is 5. The van der Waals surface area contributed by atoms with Crippen LogP contribution in [0, 0.1) is 165 Å². The number of nitrogens with zero attached hydrogens (tertiary/aromatic N) is 3. The van der Waals surface area contributed by atoms with Crippen LogP contribution < -0.4 is 5.73 Å². The fourth-order valence-electron chi connectivity index (χ4n) is 8.73. The lowest BCUT2D eigenvalue weighted by molar-refractivity contribution is -0.154. The number of hydrogen-bond acceptors (Lipinski definition) is 22. The number of nitrogens with two attached hydrogens (primary N) is 1. The zero-order chi connectivity index (χ0) is 92.1. The van der Waals surface area contributed by atoms with Gasteiger partial charge in [-0.15, -0.1) is 76.1 Å². The molecule has 2 atom stereocenters. The van der Waals surface area contributed by atoms with Crippen molar-refractivity contribution in [3.05, 3.63) is 196 Å². The number of pyridine rings is 1. The Balaban J connectivity index is -0.00000127. The molecular formula is C98H112N4O18S2. The summed E-state index contributed by atoms with van der Waals surface area (Å²) >= 11 is 0. The smallest absolute Gasteiger partial charge is 0.346 e. The molecule has 0 amide bonds. The van der Waals surface area contributed by atoms with Gasteiger partial charge < -0.3 is 65.0 Å². The van der Waals surface area contributed by atoms with E-state index in [2.05, 4.69) is 99.2 Å². The highest BCUT2D eigenvalue weighted by molar-refractivity contribution is 7.96. The van der Waals surface area contributed by atoms with Crippen molar-refractivity contribution in [3.8, 4) is 158 Å². The van der Waals surface area contributed by atoms with E-state index in [0.29, 0.717) is 58.2 Å². The van der Waals surface area contributed by atoms with Crippen molar-refractivity contribution < 1.29 is 85.5 Å². The third kappa shape index (κ3) is 59.1. The highest BCUT2D eigenvalue weighted by Crippen LogP contribution is 2.27. The molecule has 22 nitrogen and oxygen atoms in total. The van der Waals surface area contributed by atoms with E-state index in [0.717, 1.165) is 97.3 Å². The first-order valence-electron chi connectivity index (χ1n) is 38.0. The van der Waals surface area contributed by atoms with E-state index in [4.69, 9.17) is 108 Å². The molecule has 24 heteroatoms. The Labute approximate surface area is 725 Å². The predicted molar refractivity (Wildman–Crippen MR) is 482 cm³/mol. The number of rotatable bonds is 14. The molecule has 122 heavy (non-hydrogen) atoms. The number of aryl methyl sites for hydroxylation is 1. The Morgan fingerprint density at radius 3 is 1.61 bits per heavy atom. The van der Waals surface area contributed by atoms with E-state index in [9.17, 15) is 36.3 Å². The molecule has 3 fully saturated rings. The SMILES string of the molecule is C#CC(C)=O.C#CC(O)c1ccccc1.C#CC1(O)CCCCC1.C#CCN1CCS(=O)(=O)CC1.C#CCOC1CCCCO1.C#CS(=O)(=O)c1ccc(C)cc1.C#Cc1ccc(CO)cc1.C#Cc1ccc(N)cc1.C#Cc1ccc2c(c1)C(=O)OC2=O.C#Cc1cccnc1.CC#CC.CCN(C#CCO)CC.OCCOCC#CCOCCO. The maximum Gasteiger partial charge on any atom is 0.346 e. The number of hydrogen-bond donors (Lipinski definition) is 7. The van der Waals surface area contributed by atoms with Gasteiger partial charge >= 0.3 is 11.9 Å². The molecule has 4 heterocycles. The molecule has 0 bridgehead atoms. The highest BCUT2D eigenvalue weighted by atomic mass is 32.2. The normalized spacial score (nSPS) is 13.3. The van der Waals surface area contributed by atoms with Gasteiger partial charge in [-0.25, -0.2) is 26.4 Å². The Bertz CT molecular complexity index is 4820. The average Bonchev–Trinajstić information content (AvgIpc) is 1.66. The molecule has 5 aromatic carbocycles. The Morgan fingerprint density at radius 1 is 0.672 bits per heavy atom. The van der Waals surface area contributed by atoms with E-state index in [1.165, 1.54) is 44.0 Å². The molecule has 0 radical (unpaired) electrons. The molecule has 8 N–H and O–H groups in total. The third-order valence-corrected chi connectivity index (χ3v) is 18.3. The number of anilines is 1. The monoisotopic (exact) mass is 1700 g/mol. The summed E-state index contributed by atoms with van der Waals surface area (Å²) in [5, 5.41) is 53.9. The van der Waals surface area contributed by atoms with Gasteiger partial charge in [-0.3, -0.25) is 14.7 Å². The van der Waals surface area contributed by atoms with E-state index in [1.54, 1.807) is 60.1 Å². The van der Waals surface area contributed by atoms with Crippen molar-refractivity contribution in [2.75, 3.05) is 109 Å². The first kappa shape index (κ1) is 114. The van der Waals surface area contributed by atoms with Gasteiger partial charge in [-0.05, 0) is 175 Å². The van der Waals surface area contributed by atoms with Crippen molar-refractivity contribution in [1.29, 1.82) is 0 Å². The molecule has 1 saturated carbocycles. The summed E-state index contributed by atoms with van der Waals surface area (Å²) in [5.74, 6) is 33.7. The predicted octanol–water partition coefficient (Wildman–Crippen LogP) is 9.52. The molecular weight excluding hydrogens is 1590 g/mol. The molecule has 10 rings (SSSR count). The second-order valence-corrected chi connectivity index (χ2v) is 28.6. The van der Waals surface area contributed by atoms with Crippen molar-refractivity contribution in [1.82, 2.24) is 14.8 Å². The Morgan fingerprint density at radius 2 is 1.20 bits per heavy atom. The van der Waals surface area contributed by atoms with Gasteiger partial charge in [-0.2, -0.15) is 0 Å². The third-order valence-electron chi connectivity index (χ3n) is 15.4. The van der Waals surface area contributed by atoms with Crippen LogP contribution in [0.5, 0.6) is 0 Å². The lowest BCUT2D eigenvalue weighted by Gasteiger charge is -2.26. The summed E-state index contributed by atoms with van der Waals surface area (Å²) < 4.78 is 68.5. The molecule has 0 spiro atoms. The number of cyclic esters (lactones) is 2. The van der Waals surface area contributed by atoms with Crippen molar-refractivity contribution in [2.45, 2.75) is 122 Å². The van der Waals surface area contributed by atoms with E-state index in [1.807, 2.05) is 117 Å². The fourth-order valence-corrected chi connectivity index (χ4v) is 10.6. The zero-order valence-corrected chi connectivity index (χ0v) is 71.9. The molecule has 4 aliphatic rings. The first-order chi connectivity index (χ1) is 58.5. The van der Waals surface area contributed by atoms with Crippen molar-refractivity contribution >= 4 is 43.1 Å². The number of aromatic nitrogens is 1. The number of Topliss-reactive ketones (excluding diaryl/α,β-unsaturated/α-hetero) is 1. The number of esters is 2. The number of ether oxygens (including phenoxy) is 5. The number of ketones is 1. The van der Waals surface area contributed by atoms with Crippen molar-refractivity contribution in [2.24, 2.45) is 0 Å². The standard InChI is InChI=1S/C10H4O3.C9H8O2S.2C9H8O.C8H7N.C8H14O4.C8H12O2.C8H12O.C7H11NO2S.C7H13NO.C7H5N.C4H4O.C4H6/c1-2-6-3-4-7-8(5-6)10(12)13-9(7)11;1-3-12(10,11)9-6-4-8(2)5-7-9;1-2-8-3-5-9(7-10)6-4-8;1-2-9(10)8-6-4-3-5-7-8;1-2-7-3-5-8(9)6-4-7;9-3-7-11-5-1-2-6-12-8-4-10;1-2-6-9-8-5-3-4-7-10-8;1-2-8(9)6-4-3-5-7-8;1-2-3-8-4-6-11(9,10)7-5-8;1-3-8(4-2)6-5-7-9;1-2-7-4-3-5-8-6-7;1-3-4(2)5;1-3-4-2/h1,3-5H;1,4-7H,2H3;1,3-6,10H,7H2;1,3-7,9-10H;1,3-6H,9H2;9-10H,3-8H2;1,8H,3-7H2;1,9H,3-7H2;1H,3-7H2;9H,3-4,7H2,1-2H3;1,3-6H;1H,2H3;1-2H3. The number of nitrogen functional groups attached to an aromatic ring is 1. The lowest BCUT2D eigenvalue weighted by atomic mass is 9.86. The van der Waals surface area contributed by atoms with Crippen LogP contribution in [-0.2, 0) is 54.8 Å². The van der Waals surface area contributed by atoms with Crippen LogP contribution in [0.3, 0.4) is 0 Å². The Hall–Kier alpha value is -12.6. The number of carbonyl (C=O) groups excluding carboxylic acids is 3. The summed E-state index contributed by atoms with van der Waals surface area (Å²) in [6.45, 7) is 17.0. The van der Waals surface area contributed by atoms with E-state index >= 15 is 0 Å². The molecule has 1 aromatic heterocycles. The maximum atomic E-state index is 11.1. The van der Waals surface area contributed by atoms with E-state index < -0.39 is 43.3 Å². The number of terminal acetylenes is 10. The van der Waals surface area contributed by atoms with Crippen LogP contribution in [0.1, 0.15) is 152 Å². The number of fused-ring (bicyclic) bond motifs is 1. The van der Waals surface area contributed by atoms with Gasteiger partial charge in [0.25, 0.3) is 0 Å². The largest absolute Gasteiger partial charge is 0.399 e. The second kappa shape index (κ2) is 73.5. The number of aliphatic hydroxyl groups excluding tert-OH is 5. The van der Waals surface area contributed by atoms with Crippen LogP contribution in [0.25, 0.3) is 0 Å². The van der Waals surface area contributed by atoms with Gasteiger partial charge in [-0.1, -0.05) is 132 Å². The number of carbonyl (C=O) groups is 3. The first-order valence-corrected chi connectivity index (χ1v) is 41.3. The van der Waals surface area contributed by atoms with Crippen LogP contribution in [0.2, 0.25) is 0 Å². The van der Waals surface area contributed by atoms with Crippen LogP contribution in [0.15, 0.2) is 151 Å². The van der Waals surface area contributed by atoms with Gasteiger partial charge in [0.1, 0.15) is 38.1 Å². The molecule has 6 aromatic rings. The topological polar surface area (TPSA) is 332 Å². The summed E-state index contributed by atoms with van der Waals surface area (Å²) in [6.07, 6.45) is 60.9.